The average molecular weight is 352 g/mol. The molecule has 0 bridgehead atoms. The van der Waals surface area contributed by atoms with Crippen LogP contribution in [-0.4, -0.2) is 27.7 Å². The van der Waals surface area contributed by atoms with Gasteiger partial charge in [0.1, 0.15) is 11.3 Å². The Morgan fingerprint density at radius 1 is 1.35 bits per heavy atom. The number of carboxylic acid groups (broad SMARTS) is 1. The Labute approximate surface area is 151 Å². The molecule has 134 valence electrons. The predicted molar refractivity (Wildman–Crippen MR) is 96.5 cm³/mol. The molecule has 0 radical (unpaired) electrons. The molecule has 6 nitrogen and oxygen atoms in total. The average Bonchev–Trinajstić information content (AvgIpc) is 2.96. The molecule has 1 aliphatic rings. The van der Waals surface area contributed by atoms with E-state index in [9.17, 15) is 9.90 Å². The van der Waals surface area contributed by atoms with Crippen molar-refractivity contribution in [2.75, 3.05) is 7.11 Å². The van der Waals surface area contributed by atoms with Gasteiger partial charge in [0.25, 0.3) is 0 Å². The van der Waals surface area contributed by atoms with E-state index in [-0.39, 0.29) is 5.56 Å². The summed E-state index contributed by atoms with van der Waals surface area (Å²) in [4.78, 5) is 16.4. The molecule has 2 heterocycles. The van der Waals surface area contributed by atoms with Crippen LogP contribution in [0.3, 0.4) is 0 Å². The number of methoxy groups -OCH3 is 1. The minimum Gasteiger partial charge on any atom is -0.478 e. The third-order valence-electron chi connectivity index (χ3n) is 5.20. The van der Waals surface area contributed by atoms with Crippen LogP contribution in [0.4, 0.5) is 0 Å². The van der Waals surface area contributed by atoms with Gasteiger partial charge in [-0.2, -0.15) is 0 Å². The minimum atomic E-state index is -0.963. The Morgan fingerprint density at radius 2 is 2.08 bits per heavy atom. The first kappa shape index (κ1) is 16.6. The molecule has 0 spiro atoms. The second-order valence-electron chi connectivity index (χ2n) is 6.55. The quantitative estimate of drug-likeness (QED) is 0.782. The van der Waals surface area contributed by atoms with Gasteiger partial charge < -0.3 is 19.1 Å². The van der Waals surface area contributed by atoms with E-state index in [1.165, 1.54) is 0 Å². The lowest BCUT2D eigenvalue weighted by atomic mass is 9.91. The maximum atomic E-state index is 11.8. The molecule has 1 aliphatic heterocycles. The van der Waals surface area contributed by atoms with Gasteiger partial charge in [-0.25, -0.2) is 9.78 Å². The number of aryl methyl sites for hydroxylation is 2. The van der Waals surface area contributed by atoms with Crippen molar-refractivity contribution in [1.29, 1.82) is 0 Å². The number of nitrogens with zero attached hydrogens (tertiary/aromatic N) is 2. The Bertz CT molecular complexity index is 1010. The summed E-state index contributed by atoms with van der Waals surface area (Å²) >= 11 is 0. The third kappa shape index (κ3) is 2.29. The highest BCUT2D eigenvalue weighted by atomic mass is 16.7. The fourth-order valence-electron chi connectivity index (χ4n) is 3.66. The largest absolute Gasteiger partial charge is 0.478 e. The molecule has 4 rings (SSSR count). The number of rotatable bonds is 3. The topological polar surface area (TPSA) is 73.6 Å². The van der Waals surface area contributed by atoms with Crippen molar-refractivity contribution < 1.29 is 19.4 Å². The van der Waals surface area contributed by atoms with Crippen molar-refractivity contribution in [3.05, 3.63) is 58.9 Å². The number of aromatic nitrogens is 2. The van der Waals surface area contributed by atoms with E-state index < -0.39 is 11.8 Å². The maximum Gasteiger partial charge on any atom is 0.336 e. The van der Waals surface area contributed by atoms with Crippen LogP contribution in [0.2, 0.25) is 0 Å². The number of benzene rings is 2. The molecule has 26 heavy (non-hydrogen) atoms. The van der Waals surface area contributed by atoms with Gasteiger partial charge in [0, 0.05) is 31.7 Å². The second kappa shape index (κ2) is 5.85. The van der Waals surface area contributed by atoms with E-state index in [0.29, 0.717) is 29.7 Å². The molecule has 6 heteroatoms. The molecule has 2 aromatic carbocycles. The van der Waals surface area contributed by atoms with Gasteiger partial charge in [0.2, 0.25) is 5.79 Å². The van der Waals surface area contributed by atoms with Gasteiger partial charge in [0.15, 0.2) is 5.75 Å². The highest BCUT2D eigenvalue weighted by molar-refractivity contribution is 5.98. The predicted octanol–water partition coefficient (Wildman–Crippen LogP) is 3.40. The molecule has 1 unspecified atom stereocenters. The number of carbonyl (C=O) groups is 1. The summed E-state index contributed by atoms with van der Waals surface area (Å²) in [6.45, 7) is 1.89. The van der Waals surface area contributed by atoms with E-state index in [0.717, 1.165) is 16.9 Å². The number of hydrogen-bond donors (Lipinski definition) is 1. The van der Waals surface area contributed by atoms with Crippen LogP contribution in [0, 0.1) is 6.92 Å². The van der Waals surface area contributed by atoms with Gasteiger partial charge in [-0.15, -0.1) is 0 Å². The monoisotopic (exact) mass is 352 g/mol. The first-order chi connectivity index (χ1) is 12.5. The van der Waals surface area contributed by atoms with E-state index >= 15 is 0 Å². The number of fused-ring (bicyclic) bond motifs is 3. The number of carboxylic acids is 1. The standard InChI is InChI=1S/C20H20N2O4/c1-12-21-17-16(22(12)2)11-15(19(23)24)14-9-10-20(25-3,26-18(14)17)13-7-5-4-6-8-13/h4-8,11H,9-10H2,1-3H3,(H,23,24). The van der Waals surface area contributed by atoms with E-state index in [2.05, 4.69) is 4.98 Å². The lowest BCUT2D eigenvalue weighted by molar-refractivity contribution is -0.183. The van der Waals surface area contributed by atoms with E-state index in [4.69, 9.17) is 9.47 Å². The van der Waals surface area contributed by atoms with Crippen LogP contribution < -0.4 is 4.74 Å². The van der Waals surface area contributed by atoms with Crippen molar-refractivity contribution in [2.45, 2.75) is 25.6 Å². The molecule has 3 aromatic rings. The van der Waals surface area contributed by atoms with Crippen molar-refractivity contribution in [3.8, 4) is 5.75 Å². The summed E-state index contributed by atoms with van der Waals surface area (Å²) in [7, 11) is 3.48. The van der Waals surface area contributed by atoms with Gasteiger partial charge in [0.05, 0.1) is 11.1 Å². The van der Waals surface area contributed by atoms with Gasteiger partial charge in [-0.1, -0.05) is 30.3 Å². The zero-order valence-electron chi connectivity index (χ0n) is 14.9. The van der Waals surface area contributed by atoms with Crippen LogP contribution in [0.15, 0.2) is 36.4 Å². The Morgan fingerprint density at radius 3 is 2.73 bits per heavy atom. The molecule has 0 saturated heterocycles. The molecular formula is C20H20N2O4. The molecule has 1 aromatic heterocycles. The summed E-state index contributed by atoms with van der Waals surface area (Å²) in [6, 6.07) is 11.4. The fraction of sp³-hybridized carbons (Fsp3) is 0.300. The number of ether oxygens (including phenoxy) is 2. The van der Waals surface area contributed by atoms with Gasteiger partial charge >= 0.3 is 5.97 Å². The minimum absolute atomic E-state index is 0.258. The number of aromatic carboxylic acids is 1. The van der Waals surface area contributed by atoms with Crippen molar-refractivity contribution in [3.63, 3.8) is 0 Å². The van der Waals surface area contributed by atoms with Crippen LogP contribution in [0.5, 0.6) is 5.75 Å². The summed E-state index contributed by atoms with van der Waals surface area (Å²) < 4.78 is 14.0. The SMILES string of the molecule is COC1(c2ccccc2)CCc2c(C(=O)O)cc3c(nc(C)n3C)c2O1. The highest BCUT2D eigenvalue weighted by Crippen LogP contribution is 2.45. The fourth-order valence-corrected chi connectivity index (χ4v) is 3.66. The maximum absolute atomic E-state index is 11.8. The van der Waals surface area contributed by atoms with Crippen LogP contribution in [0.1, 0.15) is 33.7 Å². The zero-order chi connectivity index (χ0) is 18.5. The Kier molecular flexibility index (Phi) is 3.73. The number of imidazole rings is 1. The lowest BCUT2D eigenvalue weighted by Gasteiger charge is -2.38. The summed E-state index contributed by atoms with van der Waals surface area (Å²) in [5.74, 6) is -0.624. The highest BCUT2D eigenvalue weighted by Gasteiger charge is 2.41. The molecule has 1 N–H and O–H groups in total. The Balaban J connectivity index is 1.97. The summed E-state index contributed by atoms with van der Waals surface area (Å²) in [5.41, 5.74) is 3.23. The molecule has 0 aliphatic carbocycles. The second-order valence-corrected chi connectivity index (χ2v) is 6.55. The van der Waals surface area contributed by atoms with Gasteiger partial charge in [-0.3, -0.25) is 0 Å². The zero-order valence-corrected chi connectivity index (χ0v) is 14.9. The van der Waals surface area contributed by atoms with E-state index in [1.807, 2.05) is 48.9 Å². The van der Waals surface area contributed by atoms with Crippen LogP contribution in [0.25, 0.3) is 11.0 Å². The van der Waals surface area contributed by atoms with Crippen LogP contribution in [-0.2, 0) is 24.0 Å². The Hall–Kier alpha value is -2.86. The molecule has 0 amide bonds. The van der Waals surface area contributed by atoms with Crippen LogP contribution >= 0.6 is 0 Å². The first-order valence-electron chi connectivity index (χ1n) is 8.49. The first-order valence-corrected chi connectivity index (χ1v) is 8.49. The molecule has 0 fully saturated rings. The lowest BCUT2D eigenvalue weighted by Crippen LogP contribution is -2.39. The summed E-state index contributed by atoms with van der Waals surface area (Å²) in [5, 5.41) is 9.69. The number of hydrogen-bond acceptors (Lipinski definition) is 4. The molecular weight excluding hydrogens is 332 g/mol. The summed E-state index contributed by atoms with van der Waals surface area (Å²) in [6.07, 6.45) is 1.06. The third-order valence-corrected chi connectivity index (χ3v) is 5.20. The smallest absolute Gasteiger partial charge is 0.336 e. The van der Waals surface area contributed by atoms with Crippen molar-refractivity contribution >= 4 is 17.0 Å². The van der Waals surface area contributed by atoms with E-state index in [1.54, 1.807) is 13.2 Å². The van der Waals surface area contributed by atoms with Crippen molar-refractivity contribution in [1.82, 2.24) is 9.55 Å². The normalized spacial score (nSPS) is 19.2. The molecule has 1 atom stereocenters. The van der Waals surface area contributed by atoms with Crippen molar-refractivity contribution in [2.24, 2.45) is 7.05 Å². The molecule has 0 saturated carbocycles. The van der Waals surface area contributed by atoms with Gasteiger partial charge in [-0.05, 0) is 19.4 Å².